The SMILES string of the molecule is O=C(O)C(F)(F)F.O=C(c1cc(F)cc2[nH]cnc12)N1CCC(F)(F)[C@@H](Oc2ccc3ccccc3n2)C1. The summed E-state index contributed by atoms with van der Waals surface area (Å²) in [5, 5.41) is 7.98. The number of benzene rings is 2. The second-order valence-electron chi connectivity index (χ2n) is 8.27. The molecule has 2 aromatic carbocycles. The van der Waals surface area contributed by atoms with Gasteiger partial charge in [0.25, 0.3) is 11.8 Å². The number of para-hydroxylation sites is 1. The van der Waals surface area contributed by atoms with Gasteiger partial charge in [0.15, 0.2) is 6.10 Å². The zero-order valence-corrected chi connectivity index (χ0v) is 19.2. The number of nitrogens with zero attached hydrogens (tertiary/aromatic N) is 3. The van der Waals surface area contributed by atoms with E-state index in [2.05, 4.69) is 15.0 Å². The van der Waals surface area contributed by atoms with Gasteiger partial charge in [0, 0.05) is 24.4 Å². The quantitative estimate of drug-likeness (QED) is 0.361. The number of H-pyrrole nitrogens is 1. The lowest BCUT2D eigenvalue weighted by molar-refractivity contribution is -0.192. The monoisotopic (exact) mass is 540 g/mol. The van der Waals surface area contributed by atoms with Gasteiger partial charge in [0.2, 0.25) is 5.88 Å². The Kier molecular flexibility index (Phi) is 7.16. The van der Waals surface area contributed by atoms with Gasteiger partial charge in [0.1, 0.15) is 11.3 Å². The Labute approximate surface area is 209 Å². The molecule has 8 nitrogen and oxygen atoms in total. The number of nitrogens with one attached hydrogen (secondary N) is 1. The first-order valence-corrected chi connectivity index (χ1v) is 11.0. The van der Waals surface area contributed by atoms with Crippen molar-refractivity contribution in [2.45, 2.75) is 24.6 Å². The number of imidazole rings is 1. The van der Waals surface area contributed by atoms with Gasteiger partial charge in [-0.3, -0.25) is 4.79 Å². The predicted octanol–water partition coefficient (Wildman–Crippen LogP) is 4.81. The summed E-state index contributed by atoms with van der Waals surface area (Å²) in [6.07, 6.45) is -5.89. The number of rotatable bonds is 3. The number of carbonyl (C=O) groups is 2. The second kappa shape index (κ2) is 10.2. The Morgan fingerprint density at radius 2 is 1.84 bits per heavy atom. The normalized spacial score (nSPS) is 17.1. The molecule has 0 bridgehead atoms. The Balaban J connectivity index is 0.000000426. The van der Waals surface area contributed by atoms with E-state index in [0.717, 1.165) is 11.5 Å². The first-order valence-electron chi connectivity index (χ1n) is 11.0. The summed E-state index contributed by atoms with van der Waals surface area (Å²) in [5.74, 6) is -7.04. The van der Waals surface area contributed by atoms with Crippen molar-refractivity contribution in [3.63, 3.8) is 0 Å². The zero-order chi connectivity index (χ0) is 27.7. The molecule has 5 rings (SSSR count). The maximum atomic E-state index is 14.6. The number of carboxylic acid groups (broad SMARTS) is 1. The first kappa shape index (κ1) is 26.7. The topological polar surface area (TPSA) is 108 Å². The van der Waals surface area contributed by atoms with E-state index in [1.165, 1.54) is 23.4 Å². The van der Waals surface area contributed by atoms with E-state index in [1.54, 1.807) is 18.2 Å². The number of pyridine rings is 1. The molecule has 1 aliphatic heterocycles. The van der Waals surface area contributed by atoms with Crippen LogP contribution in [0.4, 0.5) is 26.3 Å². The fourth-order valence-corrected chi connectivity index (χ4v) is 3.78. The molecule has 0 radical (unpaired) electrons. The van der Waals surface area contributed by atoms with E-state index in [-0.39, 0.29) is 30.0 Å². The number of aromatic amines is 1. The molecular formula is C24H18F6N4O4. The summed E-state index contributed by atoms with van der Waals surface area (Å²) in [7, 11) is 0. The predicted molar refractivity (Wildman–Crippen MR) is 121 cm³/mol. The van der Waals surface area contributed by atoms with Crippen LogP contribution in [-0.4, -0.2) is 68.1 Å². The second-order valence-corrected chi connectivity index (χ2v) is 8.27. The Morgan fingerprint density at radius 3 is 2.55 bits per heavy atom. The molecule has 2 N–H and O–H groups in total. The van der Waals surface area contributed by atoms with E-state index >= 15 is 0 Å². The molecule has 3 heterocycles. The third-order valence-electron chi connectivity index (χ3n) is 5.66. The van der Waals surface area contributed by atoms with E-state index in [0.29, 0.717) is 11.0 Å². The minimum atomic E-state index is -5.08. The maximum absolute atomic E-state index is 14.6. The minimum absolute atomic E-state index is 0.0176. The molecule has 1 amide bonds. The number of aliphatic carboxylic acids is 1. The molecule has 0 aliphatic carbocycles. The van der Waals surface area contributed by atoms with Crippen LogP contribution in [0.15, 0.2) is 54.9 Å². The van der Waals surface area contributed by atoms with Crippen LogP contribution in [0.5, 0.6) is 5.88 Å². The average Bonchev–Trinajstić information content (AvgIpc) is 3.32. The van der Waals surface area contributed by atoms with Gasteiger partial charge in [-0.2, -0.15) is 13.2 Å². The van der Waals surface area contributed by atoms with E-state index in [4.69, 9.17) is 14.6 Å². The number of hydrogen-bond donors (Lipinski definition) is 2. The Hall–Kier alpha value is -4.36. The molecule has 200 valence electrons. The summed E-state index contributed by atoms with van der Waals surface area (Å²) in [4.78, 5) is 34.3. The molecule has 1 fully saturated rings. The number of carbonyl (C=O) groups excluding carboxylic acids is 1. The maximum Gasteiger partial charge on any atom is 0.490 e. The lowest BCUT2D eigenvalue weighted by atomic mass is 10.0. The van der Waals surface area contributed by atoms with Crippen molar-refractivity contribution in [1.82, 2.24) is 19.9 Å². The fraction of sp³-hybridized carbons (Fsp3) is 0.250. The number of amides is 1. The van der Waals surface area contributed by atoms with E-state index < -0.39 is 42.3 Å². The third kappa shape index (κ3) is 5.79. The molecule has 0 unspecified atom stereocenters. The summed E-state index contributed by atoms with van der Waals surface area (Å²) < 4.78 is 80.4. The smallest absolute Gasteiger partial charge is 0.475 e. The molecule has 4 aromatic rings. The largest absolute Gasteiger partial charge is 0.490 e. The fourth-order valence-electron chi connectivity index (χ4n) is 3.78. The molecule has 1 saturated heterocycles. The molecular weight excluding hydrogens is 522 g/mol. The lowest BCUT2D eigenvalue weighted by Gasteiger charge is -2.38. The van der Waals surface area contributed by atoms with Crippen LogP contribution in [0.2, 0.25) is 0 Å². The highest BCUT2D eigenvalue weighted by atomic mass is 19.4. The molecule has 1 atom stereocenters. The average molecular weight is 540 g/mol. The minimum Gasteiger partial charge on any atom is -0.475 e. The summed E-state index contributed by atoms with van der Waals surface area (Å²) >= 11 is 0. The number of fused-ring (bicyclic) bond motifs is 2. The van der Waals surface area contributed by atoms with Crippen LogP contribution in [0, 0.1) is 5.82 Å². The molecule has 2 aromatic heterocycles. The van der Waals surface area contributed by atoms with Gasteiger partial charge < -0.3 is 19.7 Å². The van der Waals surface area contributed by atoms with Crippen LogP contribution in [0.25, 0.3) is 21.9 Å². The number of halogens is 6. The van der Waals surface area contributed by atoms with Crippen molar-refractivity contribution in [2.24, 2.45) is 0 Å². The van der Waals surface area contributed by atoms with Gasteiger partial charge in [-0.05, 0) is 24.3 Å². The zero-order valence-electron chi connectivity index (χ0n) is 19.2. The van der Waals surface area contributed by atoms with Crippen molar-refractivity contribution >= 4 is 33.8 Å². The van der Waals surface area contributed by atoms with Crippen molar-refractivity contribution in [3.05, 3.63) is 66.2 Å². The number of piperidine rings is 1. The van der Waals surface area contributed by atoms with Gasteiger partial charge >= 0.3 is 12.1 Å². The lowest BCUT2D eigenvalue weighted by Crippen LogP contribution is -2.55. The number of hydrogen-bond acceptors (Lipinski definition) is 5. The third-order valence-corrected chi connectivity index (χ3v) is 5.66. The molecule has 38 heavy (non-hydrogen) atoms. The number of alkyl halides is 5. The van der Waals surface area contributed by atoms with Gasteiger partial charge in [-0.15, -0.1) is 0 Å². The summed E-state index contributed by atoms with van der Waals surface area (Å²) in [5.41, 5.74) is 1.29. The van der Waals surface area contributed by atoms with Crippen molar-refractivity contribution in [3.8, 4) is 5.88 Å². The van der Waals surface area contributed by atoms with E-state index in [1.807, 2.05) is 12.1 Å². The molecule has 14 heteroatoms. The van der Waals surface area contributed by atoms with Crippen molar-refractivity contribution in [2.75, 3.05) is 13.1 Å². The van der Waals surface area contributed by atoms with Crippen LogP contribution in [0.1, 0.15) is 16.8 Å². The first-order chi connectivity index (χ1) is 17.8. The summed E-state index contributed by atoms with van der Waals surface area (Å²) in [6.45, 7) is -0.540. The highest BCUT2D eigenvalue weighted by Crippen LogP contribution is 2.33. The highest BCUT2D eigenvalue weighted by molar-refractivity contribution is 6.04. The number of carboxylic acids is 1. The molecule has 0 spiro atoms. The highest BCUT2D eigenvalue weighted by Gasteiger charge is 2.47. The van der Waals surface area contributed by atoms with E-state index in [9.17, 15) is 31.1 Å². The Bertz CT molecular complexity index is 1490. The molecule has 0 saturated carbocycles. The summed E-state index contributed by atoms with van der Waals surface area (Å²) in [6, 6.07) is 12.8. The molecule has 1 aliphatic rings. The standard InChI is InChI=1S/C22H17F3N4O2.C2HF3O2/c23-14-9-15(20-17(10-14)26-12-27-20)21(30)29-8-7-22(24,25)18(11-29)31-19-6-5-13-3-1-2-4-16(13)28-19;3-2(4,5)1(6)7/h1-6,9-10,12,18H,7-8,11H2,(H,26,27);(H,6,7)/t18-;/m0./s1. The van der Waals surface area contributed by atoms with Crippen molar-refractivity contribution in [1.29, 1.82) is 0 Å². The van der Waals surface area contributed by atoms with Crippen molar-refractivity contribution < 1.29 is 45.8 Å². The number of aromatic nitrogens is 3. The number of likely N-dealkylation sites (tertiary alicyclic amines) is 1. The Morgan fingerprint density at radius 1 is 1.13 bits per heavy atom. The van der Waals surface area contributed by atoms with Gasteiger partial charge in [-0.25, -0.2) is 27.9 Å². The van der Waals surface area contributed by atoms with Crippen LogP contribution in [-0.2, 0) is 4.79 Å². The van der Waals surface area contributed by atoms with Crippen LogP contribution < -0.4 is 4.74 Å². The van der Waals surface area contributed by atoms with Gasteiger partial charge in [-0.1, -0.05) is 18.2 Å². The van der Waals surface area contributed by atoms with Crippen LogP contribution >= 0.6 is 0 Å². The number of ether oxygens (including phenoxy) is 1. The van der Waals surface area contributed by atoms with Gasteiger partial charge in [0.05, 0.1) is 29.5 Å². The van der Waals surface area contributed by atoms with Crippen LogP contribution in [0.3, 0.4) is 0 Å².